The van der Waals surface area contributed by atoms with Crippen molar-refractivity contribution in [2.45, 2.75) is 12.3 Å². The van der Waals surface area contributed by atoms with Crippen LogP contribution in [0.25, 0.3) is 0 Å². The van der Waals surface area contributed by atoms with Gasteiger partial charge in [-0.1, -0.05) is 6.07 Å². The molecule has 0 saturated heterocycles. The van der Waals surface area contributed by atoms with E-state index in [0.717, 1.165) is 22.6 Å². The first kappa shape index (κ1) is 19.1. The Balaban J connectivity index is 1.78. The van der Waals surface area contributed by atoms with Crippen molar-refractivity contribution in [2.24, 2.45) is 4.99 Å². The molecule has 2 N–H and O–H groups in total. The third-order valence-electron chi connectivity index (χ3n) is 3.44. The van der Waals surface area contributed by atoms with E-state index in [1.807, 2.05) is 24.5 Å². The fourth-order valence-electron chi connectivity index (χ4n) is 2.23. The number of halogens is 1. The Morgan fingerprint density at radius 3 is 2.88 bits per heavy atom. The fourth-order valence-corrected chi connectivity index (χ4v) is 2.81. The number of aromatic nitrogens is 1. The van der Waals surface area contributed by atoms with Crippen LogP contribution in [0.1, 0.15) is 11.1 Å². The number of aliphatic imine (C=N–C) groups is 1. The minimum absolute atomic E-state index is 0.206. The molecular weight excluding hydrogens is 339 g/mol. The number of rotatable bonds is 8. The average Bonchev–Trinajstić information content (AvgIpc) is 2.63. The summed E-state index contributed by atoms with van der Waals surface area (Å²) in [7, 11) is 1.71. The predicted molar refractivity (Wildman–Crippen MR) is 102 cm³/mol. The molecule has 0 atom stereocenters. The molecule has 0 saturated carbocycles. The van der Waals surface area contributed by atoms with Gasteiger partial charge < -0.3 is 15.4 Å². The molecule has 134 valence electrons. The molecule has 0 bridgehead atoms. The highest BCUT2D eigenvalue weighted by atomic mass is 32.2. The van der Waals surface area contributed by atoms with Gasteiger partial charge in [0.05, 0.1) is 12.7 Å². The van der Waals surface area contributed by atoms with Crippen LogP contribution in [0.5, 0.6) is 5.75 Å². The Bertz CT molecular complexity index is 682. The number of hydrogen-bond donors (Lipinski definition) is 2. The first-order valence-electron chi connectivity index (χ1n) is 7.96. The van der Waals surface area contributed by atoms with Crippen LogP contribution in [0.2, 0.25) is 0 Å². The van der Waals surface area contributed by atoms with E-state index >= 15 is 0 Å². The average molecular weight is 362 g/mol. The minimum Gasteiger partial charge on any atom is -0.490 e. The number of thioether (sulfide) groups is 1. The highest BCUT2D eigenvalue weighted by Crippen LogP contribution is 2.16. The SMILES string of the molecule is CN=C(NCCOc1cccnc1)NCc1ccc(F)cc1CSC. The van der Waals surface area contributed by atoms with Gasteiger partial charge in [0.25, 0.3) is 0 Å². The second-order valence-corrected chi connectivity index (χ2v) is 6.10. The molecule has 0 unspecified atom stereocenters. The summed E-state index contributed by atoms with van der Waals surface area (Å²) in [6.45, 7) is 1.69. The molecule has 0 fully saturated rings. The van der Waals surface area contributed by atoms with Crippen LogP contribution in [0.15, 0.2) is 47.7 Å². The van der Waals surface area contributed by atoms with Gasteiger partial charge in [-0.05, 0) is 41.6 Å². The molecule has 0 aliphatic heterocycles. The Hall–Kier alpha value is -2.28. The van der Waals surface area contributed by atoms with Crippen molar-refractivity contribution in [1.29, 1.82) is 0 Å². The standard InChI is InChI=1S/C18H23FN4OS/c1-20-18(22-8-9-24-17-4-3-7-21-12-17)23-11-14-5-6-16(19)10-15(14)13-25-2/h3-7,10,12H,8-9,11,13H2,1-2H3,(H2,20,22,23). The van der Waals surface area contributed by atoms with E-state index in [-0.39, 0.29) is 5.82 Å². The molecule has 25 heavy (non-hydrogen) atoms. The summed E-state index contributed by atoms with van der Waals surface area (Å²) in [6.07, 6.45) is 5.39. The van der Waals surface area contributed by atoms with Crippen LogP contribution >= 0.6 is 11.8 Å². The largest absolute Gasteiger partial charge is 0.490 e. The Morgan fingerprint density at radius 2 is 2.16 bits per heavy atom. The van der Waals surface area contributed by atoms with Crippen LogP contribution < -0.4 is 15.4 Å². The highest BCUT2D eigenvalue weighted by Gasteiger charge is 2.05. The molecule has 0 amide bonds. The number of pyridine rings is 1. The summed E-state index contributed by atoms with van der Waals surface area (Å²) in [5.74, 6) is 1.98. The zero-order chi connectivity index (χ0) is 17.9. The van der Waals surface area contributed by atoms with Crippen LogP contribution in [0.4, 0.5) is 4.39 Å². The summed E-state index contributed by atoms with van der Waals surface area (Å²) in [5.41, 5.74) is 2.06. The van der Waals surface area contributed by atoms with Gasteiger partial charge in [-0.3, -0.25) is 9.98 Å². The van der Waals surface area contributed by atoms with Gasteiger partial charge in [0.2, 0.25) is 0 Å². The molecule has 1 aromatic heterocycles. The van der Waals surface area contributed by atoms with E-state index in [0.29, 0.717) is 25.7 Å². The Kier molecular flexibility index (Phi) is 8.04. The molecule has 2 aromatic rings. The van der Waals surface area contributed by atoms with Gasteiger partial charge >= 0.3 is 0 Å². The predicted octanol–water partition coefficient (Wildman–Crippen LogP) is 2.83. The van der Waals surface area contributed by atoms with Crippen molar-refractivity contribution in [3.05, 3.63) is 59.7 Å². The molecule has 5 nitrogen and oxygen atoms in total. The molecule has 0 aliphatic rings. The van der Waals surface area contributed by atoms with Crippen LogP contribution in [-0.2, 0) is 12.3 Å². The highest BCUT2D eigenvalue weighted by molar-refractivity contribution is 7.97. The van der Waals surface area contributed by atoms with Crippen molar-refractivity contribution in [2.75, 3.05) is 26.5 Å². The molecule has 1 aromatic carbocycles. The van der Waals surface area contributed by atoms with E-state index in [9.17, 15) is 4.39 Å². The second-order valence-electron chi connectivity index (χ2n) is 5.24. The normalized spacial score (nSPS) is 11.2. The Morgan fingerprint density at radius 1 is 1.28 bits per heavy atom. The van der Waals surface area contributed by atoms with Crippen molar-refractivity contribution >= 4 is 17.7 Å². The van der Waals surface area contributed by atoms with Crippen LogP contribution in [-0.4, -0.2) is 37.4 Å². The third kappa shape index (κ3) is 6.62. The monoisotopic (exact) mass is 362 g/mol. The molecule has 7 heteroatoms. The zero-order valence-electron chi connectivity index (χ0n) is 14.5. The lowest BCUT2D eigenvalue weighted by Gasteiger charge is -2.14. The number of guanidine groups is 1. The van der Waals surface area contributed by atoms with Crippen molar-refractivity contribution in [1.82, 2.24) is 15.6 Å². The molecule has 0 radical (unpaired) electrons. The summed E-state index contributed by atoms with van der Waals surface area (Å²) >= 11 is 1.67. The lowest BCUT2D eigenvalue weighted by molar-refractivity contribution is 0.320. The van der Waals surface area contributed by atoms with Gasteiger partial charge in [0, 0.05) is 25.5 Å². The van der Waals surface area contributed by atoms with Crippen molar-refractivity contribution in [3.63, 3.8) is 0 Å². The topological polar surface area (TPSA) is 58.5 Å². The first-order valence-corrected chi connectivity index (χ1v) is 9.36. The lowest BCUT2D eigenvalue weighted by atomic mass is 10.1. The maximum absolute atomic E-state index is 13.4. The fraction of sp³-hybridized carbons (Fsp3) is 0.333. The number of benzene rings is 1. The quantitative estimate of drug-likeness (QED) is 0.430. The van der Waals surface area contributed by atoms with Gasteiger partial charge in [-0.15, -0.1) is 0 Å². The summed E-state index contributed by atoms with van der Waals surface area (Å²) in [4.78, 5) is 8.19. The van der Waals surface area contributed by atoms with Gasteiger partial charge in [0.15, 0.2) is 5.96 Å². The molecule has 1 heterocycles. The van der Waals surface area contributed by atoms with Gasteiger partial charge in [-0.2, -0.15) is 11.8 Å². The van der Waals surface area contributed by atoms with E-state index in [1.54, 1.807) is 37.3 Å². The number of nitrogens with one attached hydrogen (secondary N) is 2. The van der Waals surface area contributed by atoms with E-state index in [4.69, 9.17) is 4.74 Å². The van der Waals surface area contributed by atoms with Crippen molar-refractivity contribution in [3.8, 4) is 5.75 Å². The van der Waals surface area contributed by atoms with Gasteiger partial charge in [0.1, 0.15) is 18.2 Å². The molecule has 0 spiro atoms. The smallest absolute Gasteiger partial charge is 0.191 e. The molecule has 2 rings (SSSR count). The number of nitrogens with zero attached hydrogens (tertiary/aromatic N) is 2. The number of ether oxygens (including phenoxy) is 1. The summed E-state index contributed by atoms with van der Waals surface area (Å²) < 4.78 is 19.0. The van der Waals surface area contributed by atoms with E-state index in [1.165, 1.54) is 6.07 Å². The van der Waals surface area contributed by atoms with E-state index < -0.39 is 0 Å². The third-order valence-corrected chi connectivity index (χ3v) is 4.04. The van der Waals surface area contributed by atoms with E-state index in [2.05, 4.69) is 20.6 Å². The lowest BCUT2D eigenvalue weighted by Crippen LogP contribution is -2.39. The molecular formula is C18H23FN4OS. The maximum atomic E-state index is 13.4. The van der Waals surface area contributed by atoms with Crippen LogP contribution in [0, 0.1) is 5.82 Å². The summed E-state index contributed by atoms with van der Waals surface area (Å²) in [6, 6.07) is 8.58. The first-order chi connectivity index (χ1) is 12.2. The molecule has 0 aliphatic carbocycles. The number of hydrogen-bond acceptors (Lipinski definition) is 4. The minimum atomic E-state index is -0.206. The maximum Gasteiger partial charge on any atom is 0.191 e. The van der Waals surface area contributed by atoms with Gasteiger partial charge in [-0.25, -0.2) is 4.39 Å². The zero-order valence-corrected chi connectivity index (χ0v) is 15.3. The summed E-state index contributed by atoms with van der Waals surface area (Å²) in [5, 5.41) is 6.43. The second kappa shape index (κ2) is 10.6. The van der Waals surface area contributed by atoms with Crippen LogP contribution in [0.3, 0.4) is 0 Å². The Labute approximate surface area is 152 Å². The van der Waals surface area contributed by atoms with Crippen molar-refractivity contribution < 1.29 is 9.13 Å².